The van der Waals surface area contributed by atoms with E-state index in [0.29, 0.717) is 0 Å². The number of aromatic nitrogens is 5. The molecule has 2 aliphatic rings. The van der Waals surface area contributed by atoms with Crippen LogP contribution in [-0.4, -0.2) is 67.5 Å². The Hall–Kier alpha value is -2.65. The highest BCUT2D eigenvalue weighted by molar-refractivity contribution is 8.04. The van der Waals surface area contributed by atoms with Crippen molar-refractivity contribution < 1.29 is 4.79 Å². The number of nitrogens with one attached hydrogen (secondary N) is 2. The van der Waals surface area contributed by atoms with Crippen LogP contribution in [0.3, 0.4) is 0 Å². The van der Waals surface area contributed by atoms with Crippen LogP contribution < -0.4 is 5.32 Å². The van der Waals surface area contributed by atoms with E-state index in [1.807, 2.05) is 24.8 Å². The zero-order chi connectivity index (χ0) is 19.1. The molecule has 5 heterocycles. The number of fused-ring (bicyclic) bond motifs is 1. The number of carbonyl (C=O) groups excluding carboxylic acids is 1. The molecule has 144 valence electrons. The number of hydrogen-bond acceptors (Lipinski definition) is 6. The summed E-state index contributed by atoms with van der Waals surface area (Å²) in [5.41, 5.74) is 3.80. The number of thioether (sulfide) groups is 1. The number of aromatic amines is 1. The summed E-state index contributed by atoms with van der Waals surface area (Å²) in [7, 11) is 2.09. The molecule has 0 aromatic carbocycles. The first kappa shape index (κ1) is 17.4. The molecule has 1 amide bonds. The molecule has 2 aliphatic heterocycles. The van der Waals surface area contributed by atoms with E-state index in [9.17, 15) is 4.79 Å². The van der Waals surface area contributed by atoms with Gasteiger partial charge in [-0.25, -0.2) is 9.50 Å². The molecular formula is C19H21N7OS. The highest BCUT2D eigenvalue weighted by Gasteiger charge is 2.28. The third kappa shape index (κ3) is 3.20. The van der Waals surface area contributed by atoms with Gasteiger partial charge in [0, 0.05) is 59.5 Å². The van der Waals surface area contributed by atoms with Gasteiger partial charge < -0.3 is 10.2 Å². The highest BCUT2D eigenvalue weighted by atomic mass is 32.2. The minimum atomic E-state index is 0.0412. The maximum Gasteiger partial charge on any atom is 0.257 e. The van der Waals surface area contributed by atoms with Crippen LogP contribution in [0.15, 0.2) is 42.0 Å². The molecule has 1 saturated heterocycles. The van der Waals surface area contributed by atoms with Crippen molar-refractivity contribution in [2.75, 3.05) is 25.9 Å². The van der Waals surface area contributed by atoms with Gasteiger partial charge in [0.1, 0.15) is 0 Å². The van der Waals surface area contributed by atoms with E-state index in [2.05, 4.69) is 43.6 Å². The molecule has 3 aromatic heterocycles. The summed E-state index contributed by atoms with van der Waals surface area (Å²) in [6.45, 7) is 1.96. The van der Waals surface area contributed by atoms with Crippen LogP contribution in [-0.2, 0) is 4.79 Å². The van der Waals surface area contributed by atoms with Crippen LogP contribution in [0.1, 0.15) is 17.9 Å². The van der Waals surface area contributed by atoms with E-state index in [1.165, 1.54) is 0 Å². The number of likely N-dealkylation sites (tertiary alicyclic amines) is 1. The topological polar surface area (TPSA) is 91.2 Å². The number of rotatable bonds is 4. The fraction of sp³-hybridized carbons (Fsp3) is 0.368. The Morgan fingerprint density at radius 1 is 1.32 bits per heavy atom. The molecule has 0 radical (unpaired) electrons. The first-order chi connectivity index (χ1) is 13.7. The molecule has 0 spiro atoms. The summed E-state index contributed by atoms with van der Waals surface area (Å²) in [6, 6.07) is 0.248. The highest BCUT2D eigenvalue weighted by Crippen LogP contribution is 2.37. The summed E-state index contributed by atoms with van der Waals surface area (Å²) in [4.78, 5) is 20.3. The van der Waals surface area contributed by atoms with Crippen molar-refractivity contribution in [3.05, 3.63) is 47.5 Å². The molecule has 2 atom stereocenters. The van der Waals surface area contributed by atoms with Gasteiger partial charge in [-0.3, -0.25) is 9.89 Å². The summed E-state index contributed by atoms with van der Waals surface area (Å²) in [6.07, 6.45) is 12.3. The Kier molecular flexibility index (Phi) is 4.40. The second-order valence-electron chi connectivity index (χ2n) is 7.37. The van der Waals surface area contributed by atoms with Crippen LogP contribution >= 0.6 is 11.8 Å². The molecule has 5 rings (SSSR count). The number of hydrogen-bond donors (Lipinski definition) is 2. The van der Waals surface area contributed by atoms with Crippen LogP contribution in [0, 0.1) is 0 Å². The predicted octanol–water partition coefficient (Wildman–Crippen LogP) is 1.65. The number of likely N-dealkylation sites (N-methyl/N-ethyl adjacent to an activating group) is 1. The molecular weight excluding hydrogens is 374 g/mol. The molecule has 8 nitrogen and oxygen atoms in total. The molecule has 0 saturated carbocycles. The normalized spacial score (nSPS) is 22.7. The van der Waals surface area contributed by atoms with Gasteiger partial charge in [-0.05, 0) is 20.0 Å². The predicted molar refractivity (Wildman–Crippen MR) is 108 cm³/mol. The fourth-order valence-corrected chi connectivity index (χ4v) is 4.89. The second kappa shape index (κ2) is 7.06. The Morgan fingerprint density at radius 2 is 2.25 bits per heavy atom. The summed E-state index contributed by atoms with van der Waals surface area (Å²) in [5.74, 6) is 1.01. The molecule has 0 bridgehead atoms. The zero-order valence-electron chi connectivity index (χ0n) is 15.5. The Balaban J connectivity index is 1.35. The Morgan fingerprint density at radius 3 is 3.04 bits per heavy atom. The van der Waals surface area contributed by atoms with E-state index in [1.54, 1.807) is 22.5 Å². The van der Waals surface area contributed by atoms with Crippen molar-refractivity contribution in [3.8, 4) is 11.1 Å². The fourth-order valence-electron chi connectivity index (χ4n) is 3.80. The molecule has 28 heavy (non-hydrogen) atoms. The van der Waals surface area contributed by atoms with Crippen LogP contribution in [0.5, 0.6) is 0 Å². The smallest absolute Gasteiger partial charge is 0.257 e. The van der Waals surface area contributed by atoms with Gasteiger partial charge in [-0.2, -0.15) is 10.2 Å². The quantitative estimate of drug-likeness (QED) is 0.698. The van der Waals surface area contributed by atoms with E-state index >= 15 is 0 Å². The van der Waals surface area contributed by atoms with E-state index in [4.69, 9.17) is 0 Å². The SMILES string of the molecule is CN1CC[C@@H](NC(=O)C2=CC(c3cnn4cc(-c5cn[nH]c5)cnc34)CS2)C1. The molecule has 0 aliphatic carbocycles. The molecule has 1 fully saturated rings. The van der Waals surface area contributed by atoms with Crippen molar-refractivity contribution in [1.82, 2.24) is 35.0 Å². The van der Waals surface area contributed by atoms with Crippen molar-refractivity contribution in [1.29, 1.82) is 0 Å². The lowest BCUT2D eigenvalue weighted by atomic mass is 10.0. The average molecular weight is 395 g/mol. The molecule has 3 aromatic rings. The second-order valence-corrected chi connectivity index (χ2v) is 8.43. The van der Waals surface area contributed by atoms with E-state index in [-0.39, 0.29) is 17.9 Å². The van der Waals surface area contributed by atoms with Gasteiger partial charge >= 0.3 is 0 Å². The van der Waals surface area contributed by atoms with Gasteiger partial charge in [-0.1, -0.05) is 6.08 Å². The molecule has 2 N–H and O–H groups in total. The number of nitrogens with zero attached hydrogens (tertiary/aromatic N) is 5. The standard InChI is InChI=1S/C19H21N7OS/c1-25-3-2-15(10-25)24-19(27)17-4-12(11-28-17)16-8-23-26-9-14(5-20-18(16)26)13-6-21-22-7-13/h4-9,12,15H,2-3,10-11H2,1H3,(H,21,22)(H,24,27)/t12?,15-/m1/s1. The number of allylic oxidation sites excluding steroid dienone is 1. The monoisotopic (exact) mass is 395 g/mol. The van der Waals surface area contributed by atoms with Crippen molar-refractivity contribution >= 4 is 23.3 Å². The number of H-pyrrole nitrogens is 1. The zero-order valence-corrected chi connectivity index (χ0v) is 16.3. The lowest BCUT2D eigenvalue weighted by Crippen LogP contribution is -2.36. The van der Waals surface area contributed by atoms with Crippen LogP contribution in [0.4, 0.5) is 0 Å². The first-order valence-electron chi connectivity index (χ1n) is 9.34. The third-order valence-electron chi connectivity index (χ3n) is 5.34. The van der Waals surface area contributed by atoms with E-state index < -0.39 is 0 Å². The van der Waals surface area contributed by atoms with Gasteiger partial charge in [0.2, 0.25) is 0 Å². The van der Waals surface area contributed by atoms with E-state index in [0.717, 1.165) is 52.5 Å². The van der Waals surface area contributed by atoms with Gasteiger partial charge in [0.15, 0.2) is 5.65 Å². The van der Waals surface area contributed by atoms with Crippen molar-refractivity contribution in [2.45, 2.75) is 18.4 Å². The lowest BCUT2D eigenvalue weighted by Gasteiger charge is -2.12. The van der Waals surface area contributed by atoms with Gasteiger partial charge in [0.05, 0.1) is 17.3 Å². The first-order valence-corrected chi connectivity index (χ1v) is 10.3. The number of amides is 1. The van der Waals surface area contributed by atoms with Crippen LogP contribution in [0.2, 0.25) is 0 Å². The summed E-state index contributed by atoms with van der Waals surface area (Å²) < 4.78 is 1.79. The van der Waals surface area contributed by atoms with Crippen LogP contribution in [0.25, 0.3) is 16.8 Å². The summed E-state index contributed by atoms with van der Waals surface area (Å²) >= 11 is 1.61. The average Bonchev–Trinajstić information content (AvgIpc) is 3.47. The molecule has 1 unspecified atom stereocenters. The van der Waals surface area contributed by atoms with Gasteiger partial charge in [0.25, 0.3) is 5.91 Å². The lowest BCUT2D eigenvalue weighted by molar-refractivity contribution is -0.117. The Bertz CT molecular complexity index is 1040. The molecule has 9 heteroatoms. The maximum atomic E-state index is 12.6. The van der Waals surface area contributed by atoms with Crippen molar-refractivity contribution in [3.63, 3.8) is 0 Å². The Labute approximate surface area is 166 Å². The maximum absolute atomic E-state index is 12.6. The third-order valence-corrected chi connectivity index (χ3v) is 6.49. The number of carbonyl (C=O) groups is 1. The summed E-state index contributed by atoms with van der Waals surface area (Å²) in [5, 5.41) is 14.4. The minimum absolute atomic E-state index is 0.0412. The van der Waals surface area contributed by atoms with Gasteiger partial charge in [-0.15, -0.1) is 11.8 Å². The largest absolute Gasteiger partial charge is 0.348 e. The van der Waals surface area contributed by atoms with Crippen molar-refractivity contribution in [2.24, 2.45) is 0 Å². The minimum Gasteiger partial charge on any atom is -0.348 e.